The molecular formula is C19H13ClN6O2S. The second kappa shape index (κ2) is 8.65. The number of carbonyl (C=O) groups excluding carboxylic acids is 1. The van der Waals surface area contributed by atoms with Gasteiger partial charge in [-0.1, -0.05) is 23.4 Å². The lowest BCUT2D eigenvalue weighted by Gasteiger charge is -2.14. The van der Waals surface area contributed by atoms with E-state index in [4.69, 9.17) is 21.8 Å². The van der Waals surface area contributed by atoms with E-state index in [1.165, 1.54) is 12.5 Å². The topological polar surface area (TPSA) is 142 Å². The number of nitrogens with one attached hydrogen (secondary N) is 1. The van der Waals surface area contributed by atoms with Crippen molar-refractivity contribution in [3.05, 3.63) is 52.9 Å². The number of hydrogen-bond donors (Lipinski definition) is 2. The molecule has 3 heterocycles. The van der Waals surface area contributed by atoms with Crippen LogP contribution in [-0.4, -0.2) is 21.1 Å². The number of pyridine rings is 2. The minimum absolute atomic E-state index is 0.0447. The Bertz CT molecular complexity index is 1130. The predicted octanol–water partition coefficient (Wildman–Crippen LogP) is 3.83. The van der Waals surface area contributed by atoms with Gasteiger partial charge in [0.25, 0.3) is 0 Å². The monoisotopic (exact) mass is 424 g/mol. The summed E-state index contributed by atoms with van der Waals surface area (Å²) in [4.78, 5) is 20.7. The van der Waals surface area contributed by atoms with E-state index >= 15 is 0 Å². The van der Waals surface area contributed by atoms with Gasteiger partial charge in [-0.25, -0.2) is 9.97 Å². The molecule has 0 saturated heterocycles. The number of aromatic nitrogens is 2. The highest BCUT2D eigenvalue weighted by molar-refractivity contribution is 8.00. The Kier molecular flexibility index (Phi) is 6.03. The lowest BCUT2D eigenvalue weighted by molar-refractivity contribution is -0.115. The number of nitrogens with two attached hydrogens (primary N) is 1. The second-order valence-electron chi connectivity index (χ2n) is 5.74. The van der Waals surface area contributed by atoms with Gasteiger partial charge in [-0.15, -0.1) is 0 Å². The van der Waals surface area contributed by atoms with Crippen molar-refractivity contribution in [2.75, 3.05) is 11.1 Å². The molecule has 1 unspecified atom stereocenters. The molecule has 0 aliphatic heterocycles. The summed E-state index contributed by atoms with van der Waals surface area (Å²) in [5, 5.41) is 21.9. The molecule has 1 amide bonds. The van der Waals surface area contributed by atoms with E-state index in [0.29, 0.717) is 16.6 Å². The molecule has 0 bridgehead atoms. The standard InChI is InChI=1S/C19H13ClN6O2S/c1-10(18(27)25-15-5-4-11(20)9-24-15)29-19-13(8-22)16(14-3-2-6-28-14)12(7-21)17(23)26-19/h2-6,9-10H,1H3,(H2,23,26)(H,24,25,27). The van der Waals surface area contributed by atoms with Crippen LogP contribution >= 0.6 is 23.4 Å². The summed E-state index contributed by atoms with van der Waals surface area (Å²) >= 11 is 6.83. The highest BCUT2D eigenvalue weighted by Gasteiger charge is 2.25. The minimum Gasteiger partial charge on any atom is -0.464 e. The number of nitrogen functional groups attached to an aromatic ring is 1. The third-order valence-electron chi connectivity index (χ3n) is 3.82. The van der Waals surface area contributed by atoms with Gasteiger partial charge in [0.15, 0.2) is 0 Å². The molecule has 3 aromatic rings. The van der Waals surface area contributed by atoms with Crippen molar-refractivity contribution < 1.29 is 9.21 Å². The molecule has 10 heteroatoms. The number of hydrogen-bond acceptors (Lipinski definition) is 8. The zero-order chi connectivity index (χ0) is 21.0. The largest absolute Gasteiger partial charge is 0.464 e. The average molecular weight is 425 g/mol. The zero-order valence-corrected chi connectivity index (χ0v) is 16.6. The Hall–Kier alpha value is -3.53. The Labute approximate surface area is 175 Å². The molecule has 0 fully saturated rings. The summed E-state index contributed by atoms with van der Waals surface area (Å²) in [6.07, 6.45) is 2.84. The van der Waals surface area contributed by atoms with Gasteiger partial charge in [-0.2, -0.15) is 10.5 Å². The van der Waals surface area contributed by atoms with Crippen LogP contribution in [0.4, 0.5) is 11.6 Å². The fraction of sp³-hybridized carbons (Fsp3) is 0.105. The number of thioether (sulfide) groups is 1. The zero-order valence-electron chi connectivity index (χ0n) is 15.0. The molecule has 0 spiro atoms. The molecule has 8 nitrogen and oxygen atoms in total. The van der Waals surface area contributed by atoms with Crippen LogP contribution in [0.3, 0.4) is 0 Å². The molecule has 144 valence electrons. The van der Waals surface area contributed by atoms with Crippen LogP contribution in [0.5, 0.6) is 0 Å². The summed E-state index contributed by atoms with van der Waals surface area (Å²) in [6.45, 7) is 1.65. The van der Waals surface area contributed by atoms with Crippen LogP contribution < -0.4 is 11.1 Å². The molecule has 3 rings (SSSR count). The van der Waals surface area contributed by atoms with Gasteiger partial charge in [0.1, 0.15) is 40.1 Å². The fourth-order valence-corrected chi connectivity index (χ4v) is 3.48. The number of nitriles is 2. The Morgan fingerprint density at radius 1 is 1.31 bits per heavy atom. The molecule has 0 aromatic carbocycles. The third-order valence-corrected chi connectivity index (χ3v) is 5.13. The molecule has 0 aliphatic carbocycles. The van der Waals surface area contributed by atoms with Crippen molar-refractivity contribution in [2.24, 2.45) is 0 Å². The van der Waals surface area contributed by atoms with E-state index in [1.54, 1.807) is 31.2 Å². The lowest BCUT2D eigenvalue weighted by Crippen LogP contribution is -2.23. The molecule has 0 saturated carbocycles. The van der Waals surface area contributed by atoms with Gasteiger partial charge in [-0.3, -0.25) is 4.79 Å². The SMILES string of the molecule is CC(Sc1nc(N)c(C#N)c(-c2ccco2)c1C#N)C(=O)Nc1ccc(Cl)cn1. The normalized spacial score (nSPS) is 11.3. The van der Waals surface area contributed by atoms with Crippen molar-refractivity contribution in [3.63, 3.8) is 0 Å². The Morgan fingerprint density at radius 2 is 2.07 bits per heavy atom. The smallest absolute Gasteiger partial charge is 0.238 e. The first-order chi connectivity index (χ1) is 13.9. The van der Waals surface area contributed by atoms with Gasteiger partial charge in [0.2, 0.25) is 5.91 Å². The van der Waals surface area contributed by atoms with E-state index in [9.17, 15) is 15.3 Å². The number of halogens is 1. The molecule has 3 aromatic heterocycles. The number of anilines is 2. The number of furan rings is 1. The van der Waals surface area contributed by atoms with Crippen molar-refractivity contribution in [1.29, 1.82) is 10.5 Å². The fourth-order valence-electron chi connectivity index (χ4n) is 2.45. The molecular weight excluding hydrogens is 412 g/mol. The summed E-state index contributed by atoms with van der Waals surface area (Å²) < 4.78 is 5.36. The first kappa shape index (κ1) is 20.2. The van der Waals surface area contributed by atoms with Crippen molar-refractivity contribution >= 4 is 40.9 Å². The number of nitrogens with zero attached hydrogens (tertiary/aromatic N) is 4. The van der Waals surface area contributed by atoms with Gasteiger partial charge in [0, 0.05) is 6.20 Å². The van der Waals surface area contributed by atoms with E-state index in [2.05, 4.69) is 15.3 Å². The lowest BCUT2D eigenvalue weighted by atomic mass is 10.0. The van der Waals surface area contributed by atoms with E-state index < -0.39 is 5.25 Å². The summed E-state index contributed by atoms with van der Waals surface area (Å²) in [5.41, 5.74) is 6.34. The van der Waals surface area contributed by atoms with Gasteiger partial charge >= 0.3 is 0 Å². The van der Waals surface area contributed by atoms with Crippen LogP contribution in [0.2, 0.25) is 5.02 Å². The van der Waals surface area contributed by atoms with Crippen LogP contribution in [-0.2, 0) is 4.79 Å². The van der Waals surface area contributed by atoms with Crippen LogP contribution in [0.1, 0.15) is 18.1 Å². The maximum atomic E-state index is 12.5. The molecule has 1 atom stereocenters. The molecule has 29 heavy (non-hydrogen) atoms. The average Bonchev–Trinajstić information content (AvgIpc) is 3.23. The van der Waals surface area contributed by atoms with Crippen LogP contribution in [0, 0.1) is 22.7 Å². The van der Waals surface area contributed by atoms with E-state index in [1.807, 2.05) is 12.1 Å². The Morgan fingerprint density at radius 3 is 2.66 bits per heavy atom. The van der Waals surface area contributed by atoms with E-state index in [0.717, 1.165) is 11.8 Å². The number of carbonyl (C=O) groups is 1. The Balaban J connectivity index is 1.92. The van der Waals surface area contributed by atoms with Gasteiger partial charge < -0.3 is 15.5 Å². The molecule has 3 N–H and O–H groups in total. The number of rotatable bonds is 5. The van der Waals surface area contributed by atoms with E-state index in [-0.39, 0.29) is 33.4 Å². The van der Waals surface area contributed by atoms with Crippen molar-refractivity contribution in [1.82, 2.24) is 9.97 Å². The maximum Gasteiger partial charge on any atom is 0.238 e. The van der Waals surface area contributed by atoms with Crippen molar-refractivity contribution in [2.45, 2.75) is 17.2 Å². The number of amides is 1. The first-order valence-corrected chi connectivity index (χ1v) is 9.47. The maximum absolute atomic E-state index is 12.5. The highest BCUT2D eigenvalue weighted by atomic mass is 35.5. The summed E-state index contributed by atoms with van der Waals surface area (Å²) in [5.74, 6) is 0.262. The summed E-state index contributed by atoms with van der Waals surface area (Å²) in [7, 11) is 0. The van der Waals surface area contributed by atoms with Gasteiger partial charge in [0.05, 0.1) is 27.7 Å². The quantitative estimate of drug-likeness (QED) is 0.588. The minimum atomic E-state index is -0.635. The predicted molar refractivity (Wildman–Crippen MR) is 109 cm³/mol. The van der Waals surface area contributed by atoms with Crippen LogP contribution in [0.25, 0.3) is 11.3 Å². The molecule has 0 radical (unpaired) electrons. The second-order valence-corrected chi connectivity index (χ2v) is 7.51. The van der Waals surface area contributed by atoms with Crippen LogP contribution in [0.15, 0.2) is 46.2 Å². The first-order valence-electron chi connectivity index (χ1n) is 8.21. The summed E-state index contributed by atoms with van der Waals surface area (Å²) in [6, 6.07) is 10.4. The third kappa shape index (κ3) is 4.32. The van der Waals surface area contributed by atoms with Crippen molar-refractivity contribution in [3.8, 4) is 23.5 Å². The highest BCUT2D eigenvalue weighted by Crippen LogP contribution is 2.37. The van der Waals surface area contributed by atoms with Gasteiger partial charge in [-0.05, 0) is 31.2 Å². The molecule has 0 aliphatic rings.